The Bertz CT molecular complexity index is 939. The highest BCUT2D eigenvalue weighted by molar-refractivity contribution is 8.00. The van der Waals surface area contributed by atoms with Crippen LogP contribution in [-0.2, 0) is 11.3 Å². The van der Waals surface area contributed by atoms with E-state index in [-0.39, 0.29) is 11.2 Å². The van der Waals surface area contributed by atoms with Gasteiger partial charge in [-0.15, -0.1) is 16.8 Å². The number of pyridine rings is 1. The molecule has 6 nitrogen and oxygen atoms in total. The van der Waals surface area contributed by atoms with Crippen molar-refractivity contribution in [3.8, 4) is 11.4 Å². The molecule has 0 saturated heterocycles. The van der Waals surface area contributed by atoms with E-state index in [4.69, 9.17) is 0 Å². The number of anilines is 1. The third-order valence-electron chi connectivity index (χ3n) is 3.90. The van der Waals surface area contributed by atoms with E-state index < -0.39 is 0 Å². The third-order valence-corrected chi connectivity index (χ3v) is 4.98. The maximum atomic E-state index is 12.6. The minimum Gasteiger partial charge on any atom is -0.325 e. The lowest BCUT2D eigenvalue weighted by molar-refractivity contribution is -0.115. The first-order chi connectivity index (χ1) is 13.1. The standard InChI is InChI=1S/C20H21N5OS/c1-4-12-25-18(16-8-10-21-11-9-16)23-24-20(25)27-15(3)19(26)22-17-7-5-6-14(2)13-17/h4-11,13,15H,1,12H2,2-3H3,(H,22,26)/t15-/m1/s1. The van der Waals surface area contributed by atoms with Crippen molar-refractivity contribution in [3.05, 3.63) is 67.0 Å². The molecule has 2 heterocycles. The summed E-state index contributed by atoms with van der Waals surface area (Å²) in [6.45, 7) is 8.22. The molecule has 1 atom stereocenters. The molecule has 138 valence electrons. The highest BCUT2D eigenvalue weighted by Crippen LogP contribution is 2.27. The molecule has 0 saturated carbocycles. The van der Waals surface area contributed by atoms with E-state index in [0.29, 0.717) is 11.7 Å². The van der Waals surface area contributed by atoms with E-state index in [9.17, 15) is 4.79 Å². The summed E-state index contributed by atoms with van der Waals surface area (Å²) in [5.41, 5.74) is 2.81. The topological polar surface area (TPSA) is 72.7 Å². The molecule has 0 fully saturated rings. The number of aromatic nitrogens is 4. The van der Waals surface area contributed by atoms with Gasteiger partial charge in [0.15, 0.2) is 11.0 Å². The number of nitrogens with zero attached hydrogens (tertiary/aromatic N) is 4. The number of hydrogen-bond acceptors (Lipinski definition) is 5. The quantitative estimate of drug-likeness (QED) is 0.497. The Labute approximate surface area is 162 Å². The number of carbonyl (C=O) groups excluding carboxylic acids is 1. The molecule has 0 aliphatic rings. The predicted molar refractivity (Wildman–Crippen MR) is 109 cm³/mol. The summed E-state index contributed by atoms with van der Waals surface area (Å²) in [4.78, 5) is 16.6. The molecule has 1 amide bonds. The molecule has 2 aromatic heterocycles. The second-order valence-electron chi connectivity index (χ2n) is 6.06. The van der Waals surface area contributed by atoms with Gasteiger partial charge >= 0.3 is 0 Å². The molecule has 0 bridgehead atoms. The van der Waals surface area contributed by atoms with Crippen LogP contribution in [0.1, 0.15) is 12.5 Å². The van der Waals surface area contributed by atoms with E-state index in [1.54, 1.807) is 18.5 Å². The number of benzene rings is 1. The van der Waals surface area contributed by atoms with Crippen LogP contribution in [0, 0.1) is 6.92 Å². The van der Waals surface area contributed by atoms with Gasteiger partial charge in [0.25, 0.3) is 0 Å². The molecular weight excluding hydrogens is 358 g/mol. The van der Waals surface area contributed by atoms with Crippen LogP contribution in [-0.4, -0.2) is 30.9 Å². The van der Waals surface area contributed by atoms with Crippen molar-refractivity contribution < 1.29 is 4.79 Å². The van der Waals surface area contributed by atoms with Crippen LogP contribution in [0.4, 0.5) is 5.69 Å². The molecule has 3 aromatic rings. The fourth-order valence-electron chi connectivity index (χ4n) is 2.56. The molecule has 0 radical (unpaired) electrons. The number of thioether (sulfide) groups is 1. The zero-order valence-corrected chi connectivity index (χ0v) is 16.1. The van der Waals surface area contributed by atoms with Gasteiger partial charge in [-0.25, -0.2) is 0 Å². The van der Waals surface area contributed by atoms with Gasteiger partial charge in [-0.1, -0.05) is 30.0 Å². The highest BCUT2D eigenvalue weighted by atomic mass is 32.2. The van der Waals surface area contributed by atoms with Crippen LogP contribution in [0.15, 0.2) is 66.6 Å². The van der Waals surface area contributed by atoms with Gasteiger partial charge in [-0.3, -0.25) is 14.3 Å². The van der Waals surface area contributed by atoms with E-state index in [1.165, 1.54) is 11.8 Å². The fraction of sp³-hybridized carbons (Fsp3) is 0.200. The Kier molecular flexibility index (Phi) is 6.03. The summed E-state index contributed by atoms with van der Waals surface area (Å²) in [6.07, 6.45) is 5.22. The van der Waals surface area contributed by atoms with Crippen molar-refractivity contribution >= 4 is 23.4 Å². The smallest absolute Gasteiger partial charge is 0.237 e. The van der Waals surface area contributed by atoms with Crippen LogP contribution >= 0.6 is 11.8 Å². The van der Waals surface area contributed by atoms with Gasteiger partial charge in [0.2, 0.25) is 5.91 Å². The van der Waals surface area contributed by atoms with Crippen molar-refractivity contribution in [3.63, 3.8) is 0 Å². The number of rotatable bonds is 7. The monoisotopic (exact) mass is 379 g/mol. The fourth-order valence-corrected chi connectivity index (χ4v) is 3.42. The van der Waals surface area contributed by atoms with E-state index >= 15 is 0 Å². The van der Waals surface area contributed by atoms with E-state index in [1.807, 2.05) is 54.8 Å². The summed E-state index contributed by atoms with van der Waals surface area (Å²) in [6, 6.07) is 11.5. The number of carbonyl (C=O) groups is 1. The maximum Gasteiger partial charge on any atom is 0.237 e. The normalized spacial score (nSPS) is 11.8. The summed E-state index contributed by atoms with van der Waals surface area (Å²) in [7, 11) is 0. The SMILES string of the molecule is C=CCn1c(S[C@H](C)C(=O)Nc2cccc(C)c2)nnc1-c1ccncc1. The average molecular weight is 379 g/mol. The summed E-state index contributed by atoms with van der Waals surface area (Å²) < 4.78 is 1.95. The van der Waals surface area contributed by atoms with Gasteiger partial charge in [0, 0.05) is 30.2 Å². The molecule has 1 aromatic carbocycles. The zero-order valence-electron chi connectivity index (χ0n) is 15.3. The van der Waals surface area contributed by atoms with Crippen molar-refractivity contribution in [1.82, 2.24) is 19.7 Å². The number of hydrogen-bond donors (Lipinski definition) is 1. The van der Waals surface area contributed by atoms with Crippen LogP contribution in [0.3, 0.4) is 0 Å². The number of allylic oxidation sites excluding steroid dienone is 1. The van der Waals surface area contributed by atoms with Crippen molar-refractivity contribution in [2.75, 3.05) is 5.32 Å². The number of nitrogens with one attached hydrogen (secondary N) is 1. The predicted octanol–water partition coefficient (Wildman–Crippen LogP) is 3.95. The van der Waals surface area contributed by atoms with Crippen LogP contribution in [0.5, 0.6) is 0 Å². The number of aryl methyl sites for hydroxylation is 1. The highest BCUT2D eigenvalue weighted by Gasteiger charge is 2.20. The van der Waals surface area contributed by atoms with Gasteiger partial charge in [0.05, 0.1) is 5.25 Å². The summed E-state index contributed by atoms with van der Waals surface area (Å²) >= 11 is 1.37. The Morgan fingerprint density at radius 3 is 2.78 bits per heavy atom. The molecule has 7 heteroatoms. The van der Waals surface area contributed by atoms with Crippen LogP contribution in [0.25, 0.3) is 11.4 Å². The van der Waals surface area contributed by atoms with Crippen LogP contribution in [0.2, 0.25) is 0 Å². The lowest BCUT2D eigenvalue weighted by Gasteiger charge is -2.13. The largest absolute Gasteiger partial charge is 0.325 e. The first kappa shape index (κ1) is 18.8. The van der Waals surface area contributed by atoms with Crippen LogP contribution < -0.4 is 5.32 Å². The molecule has 27 heavy (non-hydrogen) atoms. The first-order valence-electron chi connectivity index (χ1n) is 8.57. The minimum atomic E-state index is -0.330. The lowest BCUT2D eigenvalue weighted by atomic mass is 10.2. The molecule has 0 aliphatic heterocycles. The second-order valence-corrected chi connectivity index (χ2v) is 7.37. The van der Waals surface area contributed by atoms with Crippen molar-refractivity contribution in [2.45, 2.75) is 30.8 Å². The molecule has 3 rings (SSSR count). The molecule has 1 N–H and O–H groups in total. The maximum absolute atomic E-state index is 12.6. The van der Waals surface area contributed by atoms with E-state index in [0.717, 1.165) is 22.6 Å². The Hall–Kier alpha value is -2.93. The van der Waals surface area contributed by atoms with Gasteiger partial charge in [0.1, 0.15) is 0 Å². The minimum absolute atomic E-state index is 0.0794. The Morgan fingerprint density at radius 2 is 2.07 bits per heavy atom. The zero-order chi connectivity index (χ0) is 19.2. The molecule has 0 spiro atoms. The molecule has 0 aliphatic carbocycles. The van der Waals surface area contributed by atoms with Crippen molar-refractivity contribution in [1.29, 1.82) is 0 Å². The average Bonchev–Trinajstić information content (AvgIpc) is 3.05. The second kappa shape index (κ2) is 8.64. The molecular formula is C20H21N5OS. The first-order valence-corrected chi connectivity index (χ1v) is 9.45. The van der Waals surface area contributed by atoms with E-state index in [2.05, 4.69) is 27.1 Å². The van der Waals surface area contributed by atoms with Gasteiger partial charge in [-0.2, -0.15) is 0 Å². The Balaban J connectivity index is 1.77. The molecule has 0 unspecified atom stereocenters. The number of amides is 1. The van der Waals surface area contributed by atoms with Gasteiger partial charge in [-0.05, 0) is 43.7 Å². The summed E-state index contributed by atoms with van der Waals surface area (Å²) in [5.74, 6) is 0.648. The third kappa shape index (κ3) is 4.62. The van der Waals surface area contributed by atoms with Gasteiger partial charge < -0.3 is 5.32 Å². The van der Waals surface area contributed by atoms with Crippen molar-refractivity contribution in [2.24, 2.45) is 0 Å². The lowest BCUT2D eigenvalue weighted by Crippen LogP contribution is -2.23. The summed E-state index contributed by atoms with van der Waals surface area (Å²) in [5, 5.41) is 11.9. The Morgan fingerprint density at radius 1 is 1.30 bits per heavy atom.